The SMILES string of the molecule is COc1cc(/C=N\NC(=O)CSc2nnc(-c3ccc(Br)cc3)n2-c2ccccc2)cc(OC)c1OC. The van der Waals surface area contributed by atoms with Crippen molar-refractivity contribution >= 4 is 39.8 Å². The summed E-state index contributed by atoms with van der Waals surface area (Å²) in [5.41, 5.74) is 5.02. The number of rotatable bonds is 10. The zero-order valence-electron chi connectivity index (χ0n) is 20.3. The van der Waals surface area contributed by atoms with Crippen molar-refractivity contribution in [1.29, 1.82) is 0 Å². The molecule has 0 fully saturated rings. The van der Waals surface area contributed by atoms with Gasteiger partial charge in [-0.1, -0.05) is 58.0 Å². The van der Waals surface area contributed by atoms with Gasteiger partial charge in [-0.3, -0.25) is 9.36 Å². The van der Waals surface area contributed by atoms with Gasteiger partial charge in [0.1, 0.15) is 0 Å². The number of benzene rings is 3. The number of ether oxygens (including phenoxy) is 3. The number of carbonyl (C=O) groups is 1. The second kappa shape index (κ2) is 12.4. The van der Waals surface area contributed by atoms with Gasteiger partial charge < -0.3 is 14.2 Å². The Balaban J connectivity index is 1.47. The number of hydrazone groups is 1. The third-order valence-electron chi connectivity index (χ3n) is 5.17. The summed E-state index contributed by atoms with van der Waals surface area (Å²) < 4.78 is 18.9. The number of nitrogens with one attached hydrogen (secondary N) is 1. The highest BCUT2D eigenvalue weighted by Gasteiger charge is 2.17. The molecule has 1 amide bonds. The molecule has 0 atom stereocenters. The summed E-state index contributed by atoms with van der Waals surface area (Å²) in [6.45, 7) is 0. The largest absolute Gasteiger partial charge is 0.493 e. The summed E-state index contributed by atoms with van der Waals surface area (Å²) in [5, 5.41) is 13.4. The lowest BCUT2D eigenvalue weighted by Gasteiger charge is -2.12. The molecule has 0 bridgehead atoms. The first-order valence-corrected chi connectivity index (χ1v) is 12.8. The fourth-order valence-corrected chi connectivity index (χ4v) is 4.48. The molecule has 1 aromatic heterocycles. The van der Waals surface area contributed by atoms with E-state index >= 15 is 0 Å². The fourth-order valence-electron chi connectivity index (χ4n) is 3.48. The molecule has 1 heterocycles. The highest BCUT2D eigenvalue weighted by atomic mass is 79.9. The minimum atomic E-state index is -0.290. The standard InChI is InChI=1S/C26H24BrN5O4S/c1-34-21-13-17(14-22(35-2)24(21)36-3)15-28-29-23(33)16-37-26-31-30-25(18-9-11-19(27)12-10-18)32(26)20-7-5-4-6-8-20/h4-15H,16H2,1-3H3,(H,29,33)/b28-15-. The first kappa shape index (κ1) is 26.2. The molecule has 0 saturated carbocycles. The Morgan fingerprint density at radius 3 is 2.30 bits per heavy atom. The predicted molar refractivity (Wildman–Crippen MR) is 147 cm³/mol. The van der Waals surface area contributed by atoms with Gasteiger partial charge in [-0.05, 0) is 36.4 Å². The van der Waals surface area contributed by atoms with Crippen LogP contribution < -0.4 is 19.6 Å². The second-order valence-electron chi connectivity index (χ2n) is 7.52. The lowest BCUT2D eigenvalue weighted by molar-refractivity contribution is -0.118. The molecule has 0 aliphatic rings. The van der Waals surface area contributed by atoms with E-state index in [4.69, 9.17) is 14.2 Å². The molecule has 11 heteroatoms. The Labute approximate surface area is 227 Å². The van der Waals surface area contributed by atoms with Gasteiger partial charge in [-0.25, -0.2) is 5.43 Å². The normalized spacial score (nSPS) is 10.9. The van der Waals surface area contributed by atoms with E-state index in [2.05, 4.69) is 36.7 Å². The van der Waals surface area contributed by atoms with Crippen LogP contribution in [0.25, 0.3) is 17.1 Å². The molecule has 0 spiro atoms. The Hall–Kier alpha value is -3.83. The van der Waals surface area contributed by atoms with Crippen molar-refractivity contribution in [3.05, 3.63) is 76.8 Å². The Morgan fingerprint density at radius 2 is 1.68 bits per heavy atom. The molecule has 4 aromatic rings. The number of carbonyl (C=O) groups excluding carboxylic acids is 1. The maximum absolute atomic E-state index is 12.5. The first-order valence-electron chi connectivity index (χ1n) is 11.1. The molecule has 9 nitrogen and oxygen atoms in total. The number of para-hydroxylation sites is 1. The van der Waals surface area contributed by atoms with E-state index in [1.165, 1.54) is 39.3 Å². The molecule has 0 saturated heterocycles. The Morgan fingerprint density at radius 1 is 1.00 bits per heavy atom. The third kappa shape index (κ3) is 6.30. The highest BCUT2D eigenvalue weighted by molar-refractivity contribution is 9.10. The van der Waals surface area contributed by atoms with Crippen LogP contribution in [-0.4, -0.2) is 54.0 Å². The van der Waals surface area contributed by atoms with E-state index in [0.29, 0.717) is 33.8 Å². The van der Waals surface area contributed by atoms with Crippen molar-refractivity contribution < 1.29 is 19.0 Å². The Kier molecular flexibility index (Phi) is 8.81. The minimum Gasteiger partial charge on any atom is -0.493 e. The van der Waals surface area contributed by atoms with Crippen LogP contribution >= 0.6 is 27.7 Å². The van der Waals surface area contributed by atoms with Gasteiger partial charge in [0.15, 0.2) is 22.5 Å². The van der Waals surface area contributed by atoms with Crippen molar-refractivity contribution in [3.63, 3.8) is 0 Å². The maximum atomic E-state index is 12.5. The first-order chi connectivity index (χ1) is 18.0. The van der Waals surface area contributed by atoms with E-state index in [9.17, 15) is 4.79 Å². The smallest absolute Gasteiger partial charge is 0.250 e. The van der Waals surface area contributed by atoms with Gasteiger partial charge in [-0.2, -0.15) is 5.10 Å². The van der Waals surface area contributed by atoms with Crippen LogP contribution in [0.2, 0.25) is 0 Å². The third-order valence-corrected chi connectivity index (χ3v) is 6.63. The van der Waals surface area contributed by atoms with Gasteiger partial charge in [0.2, 0.25) is 5.75 Å². The number of hydrogen-bond donors (Lipinski definition) is 1. The number of halogens is 1. The van der Waals surface area contributed by atoms with Gasteiger partial charge in [-0.15, -0.1) is 10.2 Å². The van der Waals surface area contributed by atoms with Crippen molar-refractivity contribution in [2.24, 2.45) is 5.10 Å². The molecule has 0 radical (unpaired) electrons. The van der Waals surface area contributed by atoms with Crippen molar-refractivity contribution in [3.8, 4) is 34.3 Å². The number of thioether (sulfide) groups is 1. The number of amides is 1. The molecular weight excluding hydrogens is 558 g/mol. The van der Waals surface area contributed by atoms with Crippen molar-refractivity contribution in [2.45, 2.75) is 5.16 Å². The van der Waals surface area contributed by atoms with Crippen LogP contribution in [0.15, 0.2) is 81.5 Å². The summed E-state index contributed by atoms with van der Waals surface area (Å²) in [7, 11) is 4.60. The minimum absolute atomic E-state index is 0.0951. The molecule has 1 N–H and O–H groups in total. The molecule has 3 aromatic carbocycles. The van der Waals surface area contributed by atoms with Crippen LogP contribution in [-0.2, 0) is 4.79 Å². The number of aromatic nitrogens is 3. The monoisotopic (exact) mass is 581 g/mol. The molecule has 0 aliphatic heterocycles. The lowest BCUT2D eigenvalue weighted by atomic mass is 10.2. The molecule has 0 aliphatic carbocycles. The summed E-state index contributed by atoms with van der Waals surface area (Å²) >= 11 is 4.73. The summed E-state index contributed by atoms with van der Waals surface area (Å²) in [4.78, 5) is 12.5. The summed E-state index contributed by atoms with van der Waals surface area (Å²) in [6, 6.07) is 21.1. The van der Waals surface area contributed by atoms with Gasteiger partial charge >= 0.3 is 0 Å². The number of methoxy groups -OCH3 is 3. The number of hydrogen-bond acceptors (Lipinski definition) is 8. The second-order valence-corrected chi connectivity index (χ2v) is 9.38. The quantitative estimate of drug-likeness (QED) is 0.160. The average molecular weight is 582 g/mol. The van der Waals surface area contributed by atoms with E-state index in [1.807, 2.05) is 59.2 Å². The van der Waals surface area contributed by atoms with E-state index < -0.39 is 0 Å². The van der Waals surface area contributed by atoms with Gasteiger partial charge in [0.25, 0.3) is 5.91 Å². The van der Waals surface area contributed by atoms with Crippen molar-refractivity contribution in [1.82, 2.24) is 20.2 Å². The summed E-state index contributed by atoms with van der Waals surface area (Å²) in [6.07, 6.45) is 1.51. The molecular formula is C26H24BrN5O4S. The van der Waals surface area contributed by atoms with E-state index in [0.717, 1.165) is 15.7 Å². The predicted octanol–water partition coefficient (Wildman–Crippen LogP) is 4.97. The van der Waals surface area contributed by atoms with Crippen LogP contribution in [0, 0.1) is 0 Å². The van der Waals surface area contributed by atoms with Crippen LogP contribution in [0.3, 0.4) is 0 Å². The van der Waals surface area contributed by atoms with Gasteiger partial charge in [0.05, 0.1) is 33.3 Å². The molecule has 37 heavy (non-hydrogen) atoms. The summed E-state index contributed by atoms with van der Waals surface area (Å²) in [5.74, 6) is 1.95. The van der Waals surface area contributed by atoms with E-state index in [-0.39, 0.29) is 11.7 Å². The van der Waals surface area contributed by atoms with Crippen LogP contribution in [0.5, 0.6) is 17.2 Å². The van der Waals surface area contributed by atoms with Crippen molar-refractivity contribution in [2.75, 3.05) is 27.1 Å². The molecule has 0 unspecified atom stereocenters. The zero-order chi connectivity index (χ0) is 26.2. The maximum Gasteiger partial charge on any atom is 0.250 e. The van der Waals surface area contributed by atoms with Crippen LogP contribution in [0.1, 0.15) is 5.56 Å². The lowest BCUT2D eigenvalue weighted by Crippen LogP contribution is -2.20. The number of nitrogens with zero attached hydrogens (tertiary/aromatic N) is 4. The fraction of sp³-hybridized carbons (Fsp3) is 0.154. The van der Waals surface area contributed by atoms with Crippen LogP contribution in [0.4, 0.5) is 0 Å². The molecule has 190 valence electrons. The zero-order valence-corrected chi connectivity index (χ0v) is 22.7. The highest BCUT2D eigenvalue weighted by Crippen LogP contribution is 2.37. The molecule has 4 rings (SSSR count). The van der Waals surface area contributed by atoms with Gasteiger partial charge in [0, 0.05) is 21.3 Å². The average Bonchev–Trinajstić information content (AvgIpc) is 3.36. The topological polar surface area (TPSA) is 99.9 Å². The van der Waals surface area contributed by atoms with E-state index in [1.54, 1.807) is 12.1 Å². The Bertz CT molecular complexity index is 1370.